The number of benzene rings is 1. The summed E-state index contributed by atoms with van der Waals surface area (Å²) in [4.78, 5) is 11.5. The third-order valence-electron chi connectivity index (χ3n) is 5.36. The minimum Gasteiger partial charge on any atom is -0.372 e. The average molecular weight is 409 g/mol. The van der Waals surface area contributed by atoms with E-state index in [2.05, 4.69) is 63.9 Å². The molecule has 1 aromatic heterocycles. The van der Waals surface area contributed by atoms with Gasteiger partial charge in [0.25, 0.3) is 0 Å². The van der Waals surface area contributed by atoms with Gasteiger partial charge in [0.05, 0.1) is 6.04 Å². The Balaban J connectivity index is 1.46. The van der Waals surface area contributed by atoms with E-state index in [1.807, 2.05) is 24.4 Å². The second-order valence-electron chi connectivity index (χ2n) is 7.76. The first-order chi connectivity index (χ1) is 14.8. The van der Waals surface area contributed by atoms with E-state index < -0.39 is 0 Å². The number of hydrogen-bond acceptors (Lipinski definition) is 4. The predicted molar refractivity (Wildman–Crippen MR) is 127 cm³/mol. The number of pyridine rings is 1. The van der Waals surface area contributed by atoms with Crippen LogP contribution >= 0.6 is 0 Å². The SMILES string of the molecule is CCNC(=NCCCCNc1ccccn1)NC(C)c1cccc(N2CCCC2)c1. The Hall–Kier alpha value is -2.76. The molecule has 2 aromatic rings. The smallest absolute Gasteiger partial charge is 0.191 e. The molecule has 1 aromatic carbocycles. The van der Waals surface area contributed by atoms with Crippen molar-refractivity contribution in [2.24, 2.45) is 4.99 Å². The molecular formula is C24H36N6. The topological polar surface area (TPSA) is 64.6 Å². The molecule has 2 heterocycles. The Morgan fingerprint density at radius 1 is 1.13 bits per heavy atom. The van der Waals surface area contributed by atoms with Gasteiger partial charge in [-0.3, -0.25) is 4.99 Å². The minimum absolute atomic E-state index is 0.205. The quantitative estimate of drug-likeness (QED) is 0.313. The van der Waals surface area contributed by atoms with Crippen molar-refractivity contribution in [2.75, 3.05) is 42.9 Å². The largest absolute Gasteiger partial charge is 0.372 e. The summed E-state index contributed by atoms with van der Waals surface area (Å²) in [5.41, 5.74) is 2.63. The second-order valence-corrected chi connectivity index (χ2v) is 7.76. The summed E-state index contributed by atoms with van der Waals surface area (Å²) >= 11 is 0. The van der Waals surface area contributed by atoms with Gasteiger partial charge in [-0.2, -0.15) is 0 Å². The molecule has 1 unspecified atom stereocenters. The third-order valence-corrected chi connectivity index (χ3v) is 5.36. The van der Waals surface area contributed by atoms with E-state index in [9.17, 15) is 0 Å². The zero-order valence-electron chi connectivity index (χ0n) is 18.4. The van der Waals surface area contributed by atoms with E-state index in [1.165, 1.54) is 37.2 Å². The fourth-order valence-electron chi connectivity index (χ4n) is 3.69. The van der Waals surface area contributed by atoms with E-state index in [0.29, 0.717) is 0 Å². The van der Waals surface area contributed by atoms with Crippen molar-refractivity contribution in [3.05, 3.63) is 54.2 Å². The molecular weight excluding hydrogens is 372 g/mol. The first kappa shape index (κ1) is 21.9. The monoisotopic (exact) mass is 408 g/mol. The molecule has 6 heteroatoms. The van der Waals surface area contributed by atoms with Gasteiger partial charge in [-0.1, -0.05) is 18.2 Å². The first-order valence-electron chi connectivity index (χ1n) is 11.3. The van der Waals surface area contributed by atoms with E-state index in [4.69, 9.17) is 4.99 Å². The highest BCUT2D eigenvalue weighted by Crippen LogP contribution is 2.23. The van der Waals surface area contributed by atoms with Crippen molar-refractivity contribution < 1.29 is 0 Å². The van der Waals surface area contributed by atoms with Crippen LogP contribution in [0.15, 0.2) is 53.7 Å². The van der Waals surface area contributed by atoms with Crippen LogP contribution in [0.3, 0.4) is 0 Å². The molecule has 1 fully saturated rings. The maximum Gasteiger partial charge on any atom is 0.191 e. The lowest BCUT2D eigenvalue weighted by Crippen LogP contribution is -2.38. The van der Waals surface area contributed by atoms with Crippen molar-refractivity contribution in [3.63, 3.8) is 0 Å². The van der Waals surface area contributed by atoms with Gasteiger partial charge in [0, 0.05) is 44.6 Å². The van der Waals surface area contributed by atoms with Crippen LogP contribution in [0.25, 0.3) is 0 Å². The Morgan fingerprint density at radius 2 is 2.00 bits per heavy atom. The second kappa shape index (κ2) is 12.1. The van der Waals surface area contributed by atoms with Crippen LogP contribution in [0, 0.1) is 0 Å². The van der Waals surface area contributed by atoms with Gasteiger partial charge in [-0.25, -0.2) is 4.98 Å². The van der Waals surface area contributed by atoms with Gasteiger partial charge in [-0.15, -0.1) is 0 Å². The number of nitrogens with zero attached hydrogens (tertiary/aromatic N) is 3. The van der Waals surface area contributed by atoms with Crippen LogP contribution < -0.4 is 20.9 Å². The number of rotatable bonds is 10. The van der Waals surface area contributed by atoms with E-state index in [0.717, 1.165) is 44.3 Å². The maximum absolute atomic E-state index is 4.76. The molecule has 0 amide bonds. The molecule has 0 radical (unpaired) electrons. The first-order valence-corrected chi connectivity index (χ1v) is 11.3. The Bertz CT molecular complexity index is 770. The van der Waals surface area contributed by atoms with E-state index >= 15 is 0 Å². The summed E-state index contributed by atoms with van der Waals surface area (Å²) in [6.45, 7) is 9.22. The van der Waals surface area contributed by atoms with Gasteiger partial charge in [0.1, 0.15) is 5.82 Å². The highest BCUT2D eigenvalue weighted by atomic mass is 15.2. The fraction of sp³-hybridized carbons (Fsp3) is 0.500. The molecule has 3 N–H and O–H groups in total. The zero-order chi connectivity index (χ0) is 21.0. The lowest BCUT2D eigenvalue weighted by atomic mass is 10.1. The van der Waals surface area contributed by atoms with Crippen LogP contribution in [0.1, 0.15) is 51.1 Å². The number of nitrogens with one attached hydrogen (secondary N) is 3. The van der Waals surface area contributed by atoms with Gasteiger partial charge in [-0.05, 0) is 69.4 Å². The van der Waals surface area contributed by atoms with Crippen molar-refractivity contribution >= 4 is 17.5 Å². The number of anilines is 2. The highest BCUT2D eigenvalue weighted by molar-refractivity contribution is 5.80. The Morgan fingerprint density at radius 3 is 2.77 bits per heavy atom. The van der Waals surface area contributed by atoms with Crippen molar-refractivity contribution in [2.45, 2.75) is 45.6 Å². The summed E-state index contributed by atoms with van der Waals surface area (Å²) in [5.74, 6) is 1.82. The van der Waals surface area contributed by atoms with Gasteiger partial charge < -0.3 is 20.9 Å². The standard InChI is InChI=1S/C24H36N6/c1-3-25-24(28-16-7-6-15-27-23-13-4-5-14-26-23)29-20(2)21-11-10-12-22(19-21)30-17-8-9-18-30/h4-5,10-14,19-20H,3,6-9,15-18H2,1-2H3,(H,26,27)(H2,25,28,29). The summed E-state index contributed by atoms with van der Waals surface area (Å²) in [6, 6.07) is 15.0. The van der Waals surface area contributed by atoms with Crippen molar-refractivity contribution in [3.8, 4) is 0 Å². The van der Waals surface area contributed by atoms with Crippen LogP contribution in [0.4, 0.5) is 11.5 Å². The number of aromatic nitrogens is 1. The Labute approximate surface area is 181 Å². The van der Waals surface area contributed by atoms with Crippen molar-refractivity contribution in [1.29, 1.82) is 0 Å². The van der Waals surface area contributed by atoms with Crippen LogP contribution in [-0.2, 0) is 0 Å². The maximum atomic E-state index is 4.76. The normalized spacial score (nSPS) is 15.1. The summed E-state index contributed by atoms with van der Waals surface area (Å²) in [7, 11) is 0. The third kappa shape index (κ3) is 6.94. The molecule has 1 aliphatic heterocycles. The fourth-order valence-corrected chi connectivity index (χ4v) is 3.69. The molecule has 0 aliphatic carbocycles. The molecule has 1 saturated heterocycles. The van der Waals surface area contributed by atoms with E-state index in [-0.39, 0.29) is 6.04 Å². The van der Waals surface area contributed by atoms with Crippen LogP contribution in [0.2, 0.25) is 0 Å². The van der Waals surface area contributed by atoms with Gasteiger partial charge >= 0.3 is 0 Å². The molecule has 6 nitrogen and oxygen atoms in total. The molecule has 1 aliphatic rings. The summed E-state index contributed by atoms with van der Waals surface area (Å²) in [6.07, 6.45) is 6.50. The van der Waals surface area contributed by atoms with E-state index in [1.54, 1.807) is 0 Å². The highest BCUT2D eigenvalue weighted by Gasteiger charge is 2.14. The van der Waals surface area contributed by atoms with Crippen molar-refractivity contribution in [1.82, 2.24) is 15.6 Å². The van der Waals surface area contributed by atoms with Crippen LogP contribution in [-0.4, -0.2) is 43.7 Å². The zero-order valence-corrected chi connectivity index (χ0v) is 18.4. The molecule has 0 spiro atoms. The van der Waals surface area contributed by atoms with Crippen LogP contribution in [0.5, 0.6) is 0 Å². The molecule has 3 rings (SSSR count). The average Bonchev–Trinajstić information content (AvgIpc) is 3.32. The molecule has 0 saturated carbocycles. The van der Waals surface area contributed by atoms with Gasteiger partial charge in [0.2, 0.25) is 0 Å². The molecule has 1 atom stereocenters. The van der Waals surface area contributed by atoms with Gasteiger partial charge in [0.15, 0.2) is 5.96 Å². The molecule has 0 bridgehead atoms. The lowest BCUT2D eigenvalue weighted by Gasteiger charge is -2.22. The lowest BCUT2D eigenvalue weighted by molar-refractivity contribution is 0.680. The minimum atomic E-state index is 0.205. The predicted octanol–water partition coefficient (Wildman–Crippen LogP) is 4.19. The molecule has 30 heavy (non-hydrogen) atoms. The summed E-state index contributed by atoms with van der Waals surface area (Å²) in [5, 5.41) is 10.3. The number of hydrogen-bond donors (Lipinski definition) is 3. The Kier molecular flexibility index (Phi) is 8.81. The summed E-state index contributed by atoms with van der Waals surface area (Å²) < 4.78 is 0. The number of guanidine groups is 1. The number of aliphatic imine (C=N–C) groups is 1. The number of unbranched alkanes of at least 4 members (excludes halogenated alkanes) is 1. The molecule has 162 valence electrons.